The molecular weight excluding hydrogens is 274 g/mol. The second-order valence-corrected chi connectivity index (χ2v) is 8.27. The number of nitrogens with zero attached hydrogens (tertiary/aromatic N) is 1. The molecule has 0 spiro atoms. The maximum Gasteiger partial charge on any atom is 0.156 e. The summed E-state index contributed by atoms with van der Waals surface area (Å²) >= 11 is 0. The van der Waals surface area contributed by atoms with E-state index in [1.54, 1.807) is 26.0 Å². The number of benzene rings is 1. The van der Waals surface area contributed by atoms with E-state index in [1.807, 2.05) is 30.7 Å². The van der Waals surface area contributed by atoms with Crippen LogP contribution in [0.25, 0.3) is 10.9 Å². The molecule has 2 rings (SSSR count). The quantitative estimate of drug-likeness (QED) is 0.942. The molecule has 0 bridgehead atoms. The first kappa shape index (κ1) is 14.9. The zero-order valence-electron chi connectivity index (χ0n) is 12.3. The highest BCUT2D eigenvalue weighted by Crippen LogP contribution is 2.29. The SMILES string of the molecule is CC(C)n1cc(CS(=O)(=O)C(C)C)c2cc(O)ccc21. The van der Waals surface area contributed by atoms with Crippen molar-refractivity contribution in [3.8, 4) is 5.75 Å². The Bertz CT molecular complexity index is 727. The van der Waals surface area contributed by atoms with Crippen molar-refractivity contribution in [2.24, 2.45) is 0 Å². The zero-order chi connectivity index (χ0) is 15.1. The Balaban J connectivity index is 2.62. The first-order valence-electron chi connectivity index (χ1n) is 6.76. The smallest absolute Gasteiger partial charge is 0.156 e. The third kappa shape index (κ3) is 2.68. The van der Waals surface area contributed by atoms with E-state index in [0.717, 1.165) is 16.5 Å². The summed E-state index contributed by atoms with van der Waals surface area (Å²) in [5.41, 5.74) is 1.70. The van der Waals surface area contributed by atoms with Crippen molar-refractivity contribution in [1.82, 2.24) is 4.57 Å². The average Bonchev–Trinajstić information content (AvgIpc) is 2.67. The molecule has 0 saturated carbocycles. The van der Waals surface area contributed by atoms with Gasteiger partial charge in [0.2, 0.25) is 0 Å². The van der Waals surface area contributed by atoms with Crippen LogP contribution in [-0.4, -0.2) is 23.3 Å². The normalized spacial score (nSPS) is 12.7. The molecule has 20 heavy (non-hydrogen) atoms. The summed E-state index contributed by atoms with van der Waals surface area (Å²) in [6, 6.07) is 5.33. The van der Waals surface area contributed by atoms with E-state index < -0.39 is 15.1 Å². The van der Waals surface area contributed by atoms with Crippen LogP contribution in [0.15, 0.2) is 24.4 Å². The van der Waals surface area contributed by atoms with Gasteiger partial charge in [0.25, 0.3) is 0 Å². The number of aromatic hydroxyl groups is 1. The first-order valence-corrected chi connectivity index (χ1v) is 8.48. The Labute approximate surface area is 120 Å². The minimum absolute atomic E-state index is 0.00431. The van der Waals surface area contributed by atoms with Crippen LogP contribution in [0.4, 0.5) is 0 Å². The van der Waals surface area contributed by atoms with Gasteiger partial charge in [-0.2, -0.15) is 0 Å². The van der Waals surface area contributed by atoms with Gasteiger partial charge in [0, 0.05) is 23.1 Å². The minimum atomic E-state index is -3.16. The summed E-state index contributed by atoms with van der Waals surface area (Å²) in [4.78, 5) is 0. The maximum atomic E-state index is 12.1. The Kier molecular flexibility index (Phi) is 3.82. The number of sulfone groups is 1. The van der Waals surface area contributed by atoms with Crippen LogP contribution in [0, 0.1) is 0 Å². The largest absolute Gasteiger partial charge is 0.508 e. The lowest BCUT2D eigenvalue weighted by Gasteiger charge is -2.08. The second kappa shape index (κ2) is 5.13. The van der Waals surface area contributed by atoms with Crippen LogP contribution in [0.1, 0.15) is 39.3 Å². The molecule has 0 amide bonds. The third-order valence-electron chi connectivity index (χ3n) is 3.53. The van der Waals surface area contributed by atoms with E-state index in [1.165, 1.54) is 0 Å². The van der Waals surface area contributed by atoms with Crippen LogP contribution >= 0.6 is 0 Å². The number of phenols is 1. The van der Waals surface area contributed by atoms with Crippen molar-refractivity contribution in [2.75, 3.05) is 0 Å². The summed E-state index contributed by atoms with van der Waals surface area (Å²) < 4.78 is 26.3. The molecule has 0 atom stereocenters. The minimum Gasteiger partial charge on any atom is -0.508 e. The van der Waals surface area contributed by atoms with E-state index in [2.05, 4.69) is 0 Å². The highest BCUT2D eigenvalue weighted by Gasteiger charge is 2.20. The fourth-order valence-electron chi connectivity index (χ4n) is 2.24. The molecule has 0 aliphatic rings. The van der Waals surface area contributed by atoms with Gasteiger partial charge in [-0.15, -0.1) is 0 Å². The average molecular weight is 295 g/mol. The molecule has 0 radical (unpaired) electrons. The van der Waals surface area contributed by atoms with E-state index >= 15 is 0 Å². The molecule has 0 fully saturated rings. The molecule has 1 heterocycles. The number of rotatable bonds is 4. The summed E-state index contributed by atoms with van der Waals surface area (Å²) in [5, 5.41) is 10.1. The lowest BCUT2D eigenvalue weighted by Crippen LogP contribution is -2.15. The fourth-order valence-corrected chi connectivity index (χ4v) is 3.24. The van der Waals surface area contributed by atoms with Crippen molar-refractivity contribution >= 4 is 20.7 Å². The molecule has 2 aromatic rings. The summed E-state index contributed by atoms with van der Waals surface area (Å²) in [6.45, 7) is 7.48. The van der Waals surface area contributed by atoms with E-state index in [-0.39, 0.29) is 17.5 Å². The summed E-state index contributed by atoms with van der Waals surface area (Å²) in [7, 11) is -3.16. The standard InChI is InChI=1S/C15H21NO3S/c1-10(2)16-8-12(9-20(18,19)11(3)4)14-7-13(17)5-6-15(14)16/h5-8,10-11,17H,9H2,1-4H3. The Morgan fingerprint density at radius 3 is 2.40 bits per heavy atom. The zero-order valence-corrected chi connectivity index (χ0v) is 13.1. The van der Waals surface area contributed by atoms with Crippen molar-refractivity contribution < 1.29 is 13.5 Å². The fraction of sp³-hybridized carbons (Fsp3) is 0.467. The number of aromatic nitrogens is 1. The summed E-state index contributed by atoms with van der Waals surface area (Å²) in [6.07, 6.45) is 1.88. The second-order valence-electron chi connectivity index (χ2n) is 5.71. The van der Waals surface area contributed by atoms with Crippen molar-refractivity contribution in [2.45, 2.75) is 44.7 Å². The maximum absolute atomic E-state index is 12.1. The molecule has 5 heteroatoms. The van der Waals surface area contributed by atoms with Crippen molar-refractivity contribution in [3.05, 3.63) is 30.0 Å². The number of hydrogen-bond acceptors (Lipinski definition) is 3. The predicted molar refractivity (Wildman–Crippen MR) is 81.7 cm³/mol. The molecule has 0 aliphatic heterocycles. The van der Waals surface area contributed by atoms with Gasteiger partial charge in [0.05, 0.1) is 11.0 Å². The molecule has 4 nitrogen and oxygen atoms in total. The molecule has 110 valence electrons. The van der Waals surface area contributed by atoms with E-state index in [9.17, 15) is 13.5 Å². The molecule has 1 aromatic heterocycles. The van der Waals surface area contributed by atoms with Gasteiger partial charge >= 0.3 is 0 Å². The molecule has 1 aromatic carbocycles. The highest BCUT2D eigenvalue weighted by molar-refractivity contribution is 7.91. The van der Waals surface area contributed by atoms with Crippen LogP contribution in [0.2, 0.25) is 0 Å². The number of phenolic OH excluding ortho intramolecular Hbond substituents is 1. The van der Waals surface area contributed by atoms with E-state index in [4.69, 9.17) is 0 Å². The van der Waals surface area contributed by atoms with Crippen LogP contribution in [0.3, 0.4) is 0 Å². The van der Waals surface area contributed by atoms with Crippen LogP contribution in [0.5, 0.6) is 5.75 Å². The van der Waals surface area contributed by atoms with Crippen LogP contribution < -0.4 is 0 Å². The van der Waals surface area contributed by atoms with Gasteiger partial charge in [-0.25, -0.2) is 8.42 Å². The van der Waals surface area contributed by atoms with Gasteiger partial charge in [0.1, 0.15) is 5.75 Å². The Hall–Kier alpha value is -1.49. The van der Waals surface area contributed by atoms with Gasteiger partial charge < -0.3 is 9.67 Å². The highest BCUT2D eigenvalue weighted by atomic mass is 32.2. The number of hydrogen-bond donors (Lipinski definition) is 1. The molecule has 0 saturated heterocycles. The van der Waals surface area contributed by atoms with Gasteiger partial charge in [-0.1, -0.05) is 0 Å². The lowest BCUT2D eigenvalue weighted by atomic mass is 10.2. The summed E-state index contributed by atoms with van der Waals surface area (Å²) in [5.74, 6) is 0.159. The van der Waals surface area contributed by atoms with Crippen molar-refractivity contribution in [1.29, 1.82) is 0 Å². The molecule has 0 aliphatic carbocycles. The van der Waals surface area contributed by atoms with Gasteiger partial charge in [-0.05, 0) is 51.5 Å². The van der Waals surface area contributed by atoms with E-state index in [0.29, 0.717) is 0 Å². The van der Waals surface area contributed by atoms with Gasteiger partial charge in [0.15, 0.2) is 9.84 Å². The predicted octanol–water partition coefficient (Wildman–Crippen LogP) is 3.25. The van der Waals surface area contributed by atoms with Crippen LogP contribution in [-0.2, 0) is 15.6 Å². The first-order chi connectivity index (χ1) is 9.22. The topological polar surface area (TPSA) is 59.3 Å². The molecule has 0 unspecified atom stereocenters. The molecule has 1 N–H and O–H groups in total. The monoisotopic (exact) mass is 295 g/mol. The van der Waals surface area contributed by atoms with Gasteiger partial charge in [-0.3, -0.25) is 0 Å². The third-order valence-corrected chi connectivity index (χ3v) is 5.68. The van der Waals surface area contributed by atoms with Crippen molar-refractivity contribution in [3.63, 3.8) is 0 Å². The molecular formula is C15H21NO3S. The Morgan fingerprint density at radius 1 is 1.20 bits per heavy atom. The lowest BCUT2D eigenvalue weighted by molar-refractivity contribution is 0.476. The number of fused-ring (bicyclic) bond motifs is 1. The Morgan fingerprint density at radius 2 is 1.85 bits per heavy atom.